The van der Waals surface area contributed by atoms with Crippen molar-refractivity contribution in [3.8, 4) is 29.6 Å². The number of hydrogen-bond acceptors (Lipinski definition) is 5. The summed E-state index contributed by atoms with van der Waals surface area (Å²) >= 11 is 3.49. The minimum absolute atomic E-state index is 0.173. The highest BCUT2D eigenvalue weighted by Gasteiger charge is 2.11. The van der Waals surface area contributed by atoms with Crippen LogP contribution in [-0.4, -0.2) is 26.5 Å². The van der Waals surface area contributed by atoms with Crippen LogP contribution >= 0.6 is 15.9 Å². The Morgan fingerprint density at radius 1 is 1.23 bits per heavy atom. The van der Waals surface area contributed by atoms with Crippen LogP contribution in [0.15, 0.2) is 46.0 Å². The summed E-state index contributed by atoms with van der Waals surface area (Å²) in [6.07, 6.45) is 6.98. The average molecular weight is 417 g/mol. The standard InChI is InChI=1S/C20H21BrN2O3/c1-4-10-26-20-17(21)11-15(12-19(20)25-5-2)13-22-23-14-16-8-6-7-9-18(16)24-3/h1,6-9,11-13,23H,5,10,14H2,2-3H3/b22-13+. The van der Waals surface area contributed by atoms with E-state index in [0.29, 0.717) is 24.7 Å². The third-order valence-electron chi connectivity index (χ3n) is 3.40. The maximum Gasteiger partial charge on any atom is 0.176 e. The largest absolute Gasteiger partial charge is 0.496 e. The molecule has 0 heterocycles. The fourth-order valence-corrected chi connectivity index (χ4v) is 2.85. The lowest BCUT2D eigenvalue weighted by atomic mass is 10.2. The molecule has 136 valence electrons. The van der Waals surface area contributed by atoms with Gasteiger partial charge in [0.15, 0.2) is 11.5 Å². The molecule has 6 heteroatoms. The summed E-state index contributed by atoms with van der Waals surface area (Å²) in [6, 6.07) is 11.5. The molecule has 0 aliphatic carbocycles. The second-order valence-corrected chi connectivity index (χ2v) is 6.02. The molecule has 0 unspecified atom stereocenters. The summed E-state index contributed by atoms with van der Waals surface area (Å²) in [7, 11) is 1.65. The second-order valence-electron chi connectivity index (χ2n) is 5.16. The van der Waals surface area contributed by atoms with E-state index in [1.54, 1.807) is 13.3 Å². The molecule has 0 radical (unpaired) electrons. The van der Waals surface area contributed by atoms with Gasteiger partial charge < -0.3 is 19.6 Å². The predicted octanol–water partition coefficient (Wildman–Crippen LogP) is 3.99. The Morgan fingerprint density at radius 2 is 2.04 bits per heavy atom. The third kappa shape index (κ3) is 5.43. The minimum atomic E-state index is 0.173. The molecule has 0 aliphatic rings. The van der Waals surface area contributed by atoms with Crippen LogP contribution in [0.5, 0.6) is 17.2 Å². The Labute approximate surface area is 162 Å². The first-order chi connectivity index (χ1) is 12.7. The SMILES string of the molecule is C#CCOc1c(Br)cc(/C=N/NCc2ccccc2OC)cc1OCC. The van der Waals surface area contributed by atoms with E-state index in [1.165, 1.54) is 0 Å². The van der Waals surface area contributed by atoms with Crippen LogP contribution in [-0.2, 0) is 6.54 Å². The molecule has 0 spiro atoms. The summed E-state index contributed by atoms with van der Waals surface area (Å²) in [6.45, 7) is 3.16. The molecule has 2 aromatic rings. The molecule has 0 aliphatic heterocycles. The van der Waals surface area contributed by atoms with E-state index in [1.807, 2.05) is 43.3 Å². The van der Waals surface area contributed by atoms with Crippen LogP contribution in [0.3, 0.4) is 0 Å². The molecule has 2 aromatic carbocycles. The van der Waals surface area contributed by atoms with E-state index in [9.17, 15) is 0 Å². The summed E-state index contributed by atoms with van der Waals surface area (Å²) in [5.74, 6) is 4.48. The van der Waals surface area contributed by atoms with E-state index < -0.39 is 0 Å². The number of terminal acetylenes is 1. The van der Waals surface area contributed by atoms with Gasteiger partial charge in [-0.25, -0.2) is 0 Å². The van der Waals surface area contributed by atoms with Gasteiger partial charge in [0, 0.05) is 5.56 Å². The van der Waals surface area contributed by atoms with Gasteiger partial charge in [0.05, 0.1) is 30.9 Å². The molecule has 0 amide bonds. The van der Waals surface area contributed by atoms with E-state index in [2.05, 4.69) is 32.4 Å². The number of benzene rings is 2. The normalized spacial score (nSPS) is 10.4. The first-order valence-corrected chi connectivity index (χ1v) is 8.89. The number of halogens is 1. The maximum atomic E-state index is 5.64. The highest BCUT2D eigenvalue weighted by atomic mass is 79.9. The minimum Gasteiger partial charge on any atom is -0.496 e. The van der Waals surface area contributed by atoms with Crippen LogP contribution in [0.4, 0.5) is 0 Å². The molecule has 1 N–H and O–H groups in total. The number of para-hydroxylation sites is 1. The molecule has 0 saturated heterocycles. The smallest absolute Gasteiger partial charge is 0.176 e. The van der Waals surface area contributed by atoms with Crippen molar-refractivity contribution in [3.05, 3.63) is 52.0 Å². The number of nitrogens with one attached hydrogen (secondary N) is 1. The Balaban J connectivity index is 2.08. The van der Waals surface area contributed by atoms with Crippen molar-refractivity contribution in [3.63, 3.8) is 0 Å². The zero-order chi connectivity index (χ0) is 18.8. The van der Waals surface area contributed by atoms with Crippen molar-refractivity contribution in [2.24, 2.45) is 5.10 Å². The molecular formula is C20H21BrN2O3. The van der Waals surface area contributed by atoms with E-state index in [0.717, 1.165) is 21.3 Å². The van der Waals surface area contributed by atoms with Gasteiger partial charge in [0.25, 0.3) is 0 Å². The zero-order valence-electron chi connectivity index (χ0n) is 14.8. The van der Waals surface area contributed by atoms with E-state index in [-0.39, 0.29) is 6.61 Å². The molecular weight excluding hydrogens is 396 g/mol. The molecule has 0 fully saturated rings. The van der Waals surface area contributed by atoms with Crippen molar-refractivity contribution in [1.82, 2.24) is 5.43 Å². The van der Waals surface area contributed by atoms with Crippen LogP contribution in [0, 0.1) is 12.3 Å². The van der Waals surface area contributed by atoms with Gasteiger partial charge in [-0.3, -0.25) is 0 Å². The molecule has 0 bridgehead atoms. The number of hydrogen-bond donors (Lipinski definition) is 1. The van der Waals surface area contributed by atoms with E-state index >= 15 is 0 Å². The topological polar surface area (TPSA) is 52.1 Å². The van der Waals surface area contributed by atoms with Gasteiger partial charge in [-0.15, -0.1) is 6.42 Å². The first kappa shape index (κ1) is 19.7. The molecule has 0 saturated carbocycles. The number of rotatable bonds is 9. The number of hydrazone groups is 1. The van der Waals surface area contributed by atoms with Gasteiger partial charge in [0.1, 0.15) is 12.4 Å². The zero-order valence-corrected chi connectivity index (χ0v) is 16.4. The lowest BCUT2D eigenvalue weighted by Crippen LogP contribution is -2.07. The number of methoxy groups -OCH3 is 1. The van der Waals surface area contributed by atoms with Gasteiger partial charge in [0.2, 0.25) is 0 Å². The van der Waals surface area contributed by atoms with Gasteiger partial charge >= 0.3 is 0 Å². The quantitative estimate of drug-likeness (QED) is 0.381. The van der Waals surface area contributed by atoms with Crippen LogP contribution in [0.1, 0.15) is 18.1 Å². The number of nitrogens with zero attached hydrogens (tertiary/aromatic N) is 1. The molecule has 0 atom stereocenters. The summed E-state index contributed by atoms with van der Waals surface area (Å²) in [5.41, 5.74) is 4.91. The molecule has 5 nitrogen and oxygen atoms in total. The third-order valence-corrected chi connectivity index (χ3v) is 3.99. The Bertz CT molecular complexity index is 800. The van der Waals surface area contributed by atoms with Crippen LogP contribution in [0.25, 0.3) is 0 Å². The second kappa shape index (κ2) is 10.4. The first-order valence-electron chi connectivity index (χ1n) is 8.10. The van der Waals surface area contributed by atoms with Crippen molar-refractivity contribution >= 4 is 22.1 Å². The molecule has 26 heavy (non-hydrogen) atoms. The fraction of sp³-hybridized carbons (Fsp3) is 0.250. The Morgan fingerprint density at radius 3 is 2.77 bits per heavy atom. The van der Waals surface area contributed by atoms with Gasteiger partial charge in [-0.05, 0) is 46.6 Å². The predicted molar refractivity (Wildman–Crippen MR) is 107 cm³/mol. The van der Waals surface area contributed by atoms with Gasteiger partial charge in [-0.1, -0.05) is 24.1 Å². The summed E-state index contributed by atoms with van der Waals surface area (Å²) in [5, 5.41) is 4.27. The highest BCUT2D eigenvalue weighted by molar-refractivity contribution is 9.10. The monoisotopic (exact) mass is 416 g/mol. The van der Waals surface area contributed by atoms with Crippen molar-refractivity contribution in [2.75, 3.05) is 20.3 Å². The van der Waals surface area contributed by atoms with Crippen molar-refractivity contribution in [1.29, 1.82) is 0 Å². The molecule has 0 aromatic heterocycles. The van der Waals surface area contributed by atoms with Crippen LogP contribution in [0.2, 0.25) is 0 Å². The Hall–Kier alpha value is -2.65. The lowest BCUT2D eigenvalue weighted by Gasteiger charge is -2.13. The van der Waals surface area contributed by atoms with E-state index in [4.69, 9.17) is 20.6 Å². The molecule has 2 rings (SSSR count). The highest BCUT2D eigenvalue weighted by Crippen LogP contribution is 2.36. The van der Waals surface area contributed by atoms with Crippen LogP contribution < -0.4 is 19.6 Å². The van der Waals surface area contributed by atoms with Gasteiger partial charge in [-0.2, -0.15) is 5.10 Å². The fourth-order valence-electron chi connectivity index (χ4n) is 2.28. The van der Waals surface area contributed by atoms with Crippen molar-refractivity contribution < 1.29 is 14.2 Å². The lowest BCUT2D eigenvalue weighted by molar-refractivity contribution is 0.298. The Kier molecular flexibility index (Phi) is 7.84. The number of ether oxygens (including phenoxy) is 3. The summed E-state index contributed by atoms with van der Waals surface area (Å²) < 4.78 is 17.3. The van der Waals surface area contributed by atoms with Crippen molar-refractivity contribution in [2.45, 2.75) is 13.5 Å². The average Bonchev–Trinajstić information content (AvgIpc) is 2.65. The summed E-state index contributed by atoms with van der Waals surface area (Å²) in [4.78, 5) is 0. The maximum absolute atomic E-state index is 5.64.